The Balaban J connectivity index is 1.67. The summed E-state index contributed by atoms with van der Waals surface area (Å²) in [6.45, 7) is 4.41. The van der Waals surface area contributed by atoms with Crippen LogP contribution in [0.5, 0.6) is 5.75 Å². The number of carbonyl (C=O) groups is 1. The molecule has 1 aromatic heterocycles. The summed E-state index contributed by atoms with van der Waals surface area (Å²) in [5.74, 6) is 0.651. The van der Waals surface area contributed by atoms with Crippen molar-refractivity contribution in [3.05, 3.63) is 70.3 Å². The van der Waals surface area contributed by atoms with Gasteiger partial charge in [0.2, 0.25) is 0 Å². The van der Waals surface area contributed by atoms with Crippen molar-refractivity contribution >= 4 is 21.8 Å². The number of halogens is 1. The first kappa shape index (κ1) is 18.2. The van der Waals surface area contributed by atoms with Crippen molar-refractivity contribution in [2.24, 2.45) is 0 Å². The first-order valence-corrected chi connectivity index (χ1v) is 9.15. The first-order chi connectivity index (χ1) is 12.5. The second-order valence-electron chi connectivity index (χ2n) is 6.16. The Kier molecular flexibility index (Phi) is 5.73. The number of rotatable bonds is 6. The van der Waals surface area contributed by atoms with E-state index in [1.165, 1.54) is 0 Å². The number of ether oxygens (including phenoxy) is 1. The average molecular weight is 414 g/mol. The smallest absolute Gasteiger partial charge is 0.255 e. The summed E-state index contributed by atoms with van der Waals surface area (Å²) >= 11 is 3.45. The second kappa shape index (κ2) is 8.19. The maximum atomic E-state index is 12.6. The quantitative estimate of drug-likeness (QED) is 0.622. The third-order valence-electron chi connectivity index (χ3n) is 3.75. The van der Waals surface area contributed by atoms with Gasteiger partial charge < -0.3 is 10.1 Å². The fourth-order valence-corrected chi connectivity index (χ4v) is 2.96. The van der Waals surface area contributed by atoms with E-state index >= 15 is 0 Å². The minimum atomic E-state index is -0.170. The molecule has 0 aliphatic heterocycles. The number of aromatic amines is 1. The number of aromatic nitrogens is 2. The van der Waals surface area contributed by atoms with Gasteiger partial charge in [0.05, 0.1) is 23.6 Å². The molecule has 3 aromatic rings. The number of amides is 1. The molecule has 0 unspecified atom stereocenters. The summed E-state index contributed by atoms with van der Waals surface area (Å²) in [5.41, 5.74) is 3.12. The lowest BCUT2D eigenvalue weighted by atomic mass is 10.1. The van der Waals surface area contributed by atoms with Gasteiger partial charge in [0.15, 0.2) is 0 Å². The number of benzene rings is 2. The molecule has 0 saturated heterocycles. The van der Waals surface area contributed by atoms with Gasteiger partial charge in [-0.25, -0.2) is 0 Å². The highest BCUT2D eigenvalue weighted by Crippen LogP contribution is 2.24. The molecule has 0 atom stereocenters. The summed E-state index contributed by atoms with van der Waals surface area (Å²) in [7, 11) is 0. The van der Waals surface area contributed by atoms with Gasteiger partial charge >= 0.3 is 0 Å². The van der Waals surface area contributed by atoms with Crippen LogP contribution in [0.3, 0.4) is 0 Å². The normalized spacial score (nSPS) is 10.8. The van der Waals surface area contributed by atoms with Crippen molar-refractivity contribution in [1.82, 2.24) is 15.5 Å². The highest BCUT2D eigenvalue weighted by atomic mass is 79.9. The highest BCUT2D eigenvalue weighted by molar-refractivity contribution is 9.10. The summed E-state index contributed by atoms with van der Waals surface area (Å²) in [4.78, 5) is 12.6. The summed E-state index contributed by atoms with van der Waals surface area (Å²) in [6.07, 6.45) is 1.68. The van der Waals surface area contributed by atoms with Crippen LogP contribution in [0.15, 0.2) is 59.2 Å². The van der Waals surface area contributed by atoms with Gasteiger partial charge in [-0.1, -0.05) is 40.2 Å². The zero-order valence-corrected chi connectivity index (χ0v) is 16.2. The molecule has 0 aliphatic carbocycles. The van der Waals surface area contributed by atoms with Crippen LogP contribution in [-0.4, -0.2) is 22.2 Å². The molecule has 0 bridgehead atoms. The Hall–Kier alpha value is -2.60. The van der Waals surface area contributed by atoms with E-state index in [9.17, 15) is 4.79 Å². The SMILES string of the molecule is CC(C)Oc1ccc(CNC(=O)c2cn[nH]c2-c2cccc(Br)c2)cc1. The van der Waals surface area contributed by atoms with Crippen molar-refractivity contribution in [2.45, 2.75) is 26.5 Å². The Bertz CT molecular complexity index is 888. The van der Waals surface area contributed by atoms with Crippen LogP contribution in [0.1, 0.15) is 29.8 Å². The van der Waals surface area contributed by atoms with Gasteiger partial charge in [0.1, 0.15) is 5.75 Å². The predicted molar refractivity (Wildman–Crippen MR) is 105 cm³/mol. The molecule has 2 N–H and O–H groups in total. The monoisotopic (exact) mass is 413 g/mol. The van der Waals surface area contributed by atoms with Crippen LogP contribution >= 0.6 is 15.9 Å². The Morgan fingerprint density at radius 2 is 2.00 bits per heavy atom. The van der Waals surface area contributed by atoms with Gasteiger partial charge in [-0.3, -0.25) is 9.89 Å². The molecule has 26 heavy (non-hydrogen) atoms. The standard InChI is InChI=1S/C20H20BrN3O2/c1-13(2)26-17-8-6-14(7-9-17)11-22-20(25)18-12-23-24-19(18)15-4-3-5-16(21)10-15/h3-10,12-13H,11H2,1-2H3,(H,22,25)(H,23,24). The van der Waals surface area contributed by atoms with Crippen LogP contribution in [0, 0.1) is 0 Å². The van der Waals surface area contributed by atoms with E-state index in [1.54, 1.807) is 6.20 Å². The van der Waals surface area contributed by atoms with E-state index in [4.69, 9.17) is 4.74 Å². The molecule has 0 saturated carbocycles. The predicted octanol–water partition coefficient (Wildman–Crippen LogP) is 4.56. The lowest BCUT2D eigenvalue weighted by molar-refractivity contribution is 0.0951. The number of nitrogens with zero attached hydrogens (tertiary/aromatic N) is 1. The molecule has 1 heterocycles. The Labute approximate surface area is 160 Å². The number of H-pyrrole nitrogens is 1. The average Bonchev–Trinajstić information content (AvgIpc) is 3.10. The fraction of sp³-hybridized carbons (Fsp3) is 0.200. The molecule has 5 nitrogen and oxygen atoms in total. The minimum absolute atomic E-state index is 0.137. The number of hydrogen-bond donors (Lipinski definition) is 2. The van der Waals surface area contributed by atoms with E-state index in [1.807, 2.05) is 62.4 Å². The van der Waals surface area contributed by atoms with Crippen molar-refractivity contribution in [2.75, 3.05) is 0 Å². The van der Waals surface area contributed by atoms with Crippen LogP contribution in [0.4, 0.5) is 0 Å². The van der Waals surface area contributed by atoms with Crippen molar-refractivity contribution in [3.8, 4) is 17.0 Å². The largest absolute Gasteiger partial charge is 0.491 e. The van der Waals surface area contributed by atoms with Crippen LogP contribution in [0.25, 0.3) is 11.3 Å². The Morgan fingerprint density at radius 1 is 1.23 bits per heavy atom. The molecule has 0 fully saturated rings. The van der Waals surface area contributed by atoms with E-state index in [0.29, 0.717) is 17.8 Å². The fourth-order valence-electron chi connectivity index (χ4n) is 2.56. The zero-order chi connectivity index (χ0) is 18.5. The second-order valence-corrected chi connectivity index (χ2v) is 7.08. The molecular weight excluding hydrogens is 394 g/mol. The summed E-state index contributed by atoms with van der Waals surface area (Å²) < 4.78 is 6.57. The van der Waals surface area contributed by atoms with Gasteiger partial charge in [-0.05, 0) is 43.7 Å². The lowest BCUT2D eigenvalue weighted by Gasteiger charge is -2.10. The maximum absolute atomic E-state index is 12.6. The summed E-state index contributed by atoms with van der Waals surface area (Å²) in [5, 5.41) is 9.87. The molecule has 3 rings (SSSR count). The highest BCUT2D eigenvalue weighted by Gasteiger charge is 2.15. The van der Waals surface area contributed by atoms with Crippen molar-refractivity contribution < 1.29 is 9.53 Å². The third-order valence-corrected chi connectivity index (χ3v) is 4.24. The molecule has 6 heteroatoms. The van der Waals surface area contributed by atoms with Gasteiger partial charge in [-0.2, -0.15) is 5.10 Å². The molecule has 2 aromatic carbocycles. The maximum Gasteiger partial charge on any atom is 0.255 e. The number of nitrogens with one attached hydrogen (secondary N) is 2. The van der Waals surface area contributed by atoms with E-state index < -0.39 is 0 Å². The molecular formula is C20H20BrN3O2. The van der Waals surface area contributed by atoms with Crippen molar-refractivity contribution in [1.29, 1.82) is 0 Å². The number of carbonyl (C=O) groups excluding carboxylic acids is 1. The Morgan fingerprint density at radius 3 is 2.69 bits per heavy atom. The van der Waals surface area contributed by atoms with E-state index in [0.717, 1.165) is 21.3 Å². The van der Waals surface area contributed by atoms with Gasteiger partial charge in [-0.15, -0.1) is 0 Å². The van der Waals surface area contributed by atoms with Crippen LogP contribution < -0.4 is 10.1 Å². The molecule has 0 radical (unpaired) electrons. The van der Waals surface area contributed by atoms with E-state index in [2.05, 4.69) is 31.4 Å². The zero-order valence-electron chi connectivity index (χ0n) is 14.6. The number of hydrogen-bond acceptors (Lipinski definition) is 3. The molecule has 134 valence electrons. The van der Waals surface area contributed by atoms with Gasteiger partial charge in [0, 0.05) is 16.6 Å². The molecule has 1 amide bonds. The first-order valence-electron chi connectivity index (χ1n) is 8.36. The third kappa shape index (κ3) is 4.52. The lowest BCUT2D eigenvalue weighted by Crippen LogP contribution is -2.23. The molecule has 0 spiro atoms. The van der Waals surface area contributed by atoms with E-state index in [-0.39, 0.29) is 12.0 Å². The minimum Gasteiger partial charge on any atom is -0.491 e. The van der Waals surface area contributed by atoms with Gasteiger partial charge in [0.25, 0.3) is 5.91 Å². The summed E-state index contributed by atoms with van der Waals surface area (Å²) in [6, 6.07) is 15.4. The topological polar surface area (TPSA) is 67.0 Å². The van der Waals surface area contributed by atoms with Crippen LogP contribution in [0.2, 0.25) is 0 Å². The van der Waals surface area contributed by atoms with Crippen molar-refractivity contribution in [3.63, 3.8) is 0 Å². The molecule has 0 aliphatic rings. The van der Waals surface area contributed by atoms with Crippen LogP contribution in [-0.2, 0) is 6.54 Å².